The van der Waals surface area contributed by atoms with E-state index < -0.39 is 23.7 Å². The van der Waals surface area contributed by atoms with Crippen LogP contribution in [-0.2, 0) is 24.4 Å². The predicted octanol–water partition coefficient (Wildman–Crippen LogP) is 7.42. The van der Waals surface area contributed by atoms with Crippen LogP contribution < -0.4 is 9.47 Å². The van der Waals surface area contributed by atoms with E-state index in [-0.39, 0.29) is 30.6 Å². The van der Waals surface area contributed by atoms with Gasteiger partial charge in [-0.3, -0.25) is 14.0 Å². The van der Waals surface area contributed by atoms with Gasteiger partial charge in [0.2, 0.25) is 5.88 Å². The maximum atomic E-state index is 15.6. The summed E-state index contributed by atoms with van der Waals surface area (Å²) in [6.45, 7) is 0.195. The summed E-state index contributed by atoms with van der Waals surface area (Å²) < 4.78 is 56.8. The highest BCUT2D eigenvalue weighted by atomic mass is 19.1. The largest absolute Gasteiger partial charge is 0.473 e. The predicted molar refractivity (Wildman–Crippen MR) is 164 cm³/mol. The lowest BCUT2D eigenvalue weighted by molar-refractivity contribution is -0.120. The average Bonchev–Trinajstić information content (AvgIpc) is 4.00. The Hall–Kier alpha value is -4.99. The summed E-state index contributed by atoms with van der Waals surface area (Å²) in [4.78, 5) is 32.3. The molecule has 2 aromatic heterocycles. The molecule has 0 N–H and O–H groups in total. The van der Waals surface area contributed by atoms with Crippen molar-refractivity contribution in [2.45, 2.75) is 45.3 Å². The van der Waals surface area contributed by atoms with Crippen LogP contribution >= 0.6 is 0 Å². The quantitative estimate of drug-likeness (QED) is 0.100. The molecule has 0 saturated heterocycles. The number of imidazole rings is 1. The van der Waals surface area contributed by atoms with Gasteiger partial charge in [0.05, 0.1) is 23.4 Å². The van der Waals surface area contributed by atoms with Gasteiger partial charge >= 0.3 is 0 Å². The van der Waals surface area contributed by atoms with Crippen molar-refractivity contribution >= 4 is 23.3 Å². The number of ether oxygens (including phenoxy) is 2. The maximum Gasteiger partial charge on any atom is 0.298 e. The SMILES string of the molecule is O=COc1ccc2nc(Cc3ccc(-c4cccc(OCc5ccc(C(=O)C6CC6)cc5F)n4)cc3F)n(CC3(CF)CC3)c2c1. The first-order valence-electron chi connectivity index (χ1n) is 15.2. The van der Waals surface area contributed by atoms with Crippen molar-refractivity contribution in [2.75, 3.05) is 6.67 Å². The van der Waals surface area contributed by atoms with Crippen molar-refractivity contribution in [2.24, 2.45) is 11.3 Å². The second kappa shape index (κ2) is 12.1. The Morgan fingerprint density at radius 1 is 0.957 bits per heavy atom. The molecule has 0 atom stereocenters. The summed E-state index contributed by atoms with van der Waals surface area (Å²) in [5, 5.41) is 0. The molecule has 46 heavy (non-hydrogen) atoms. The van der Waals surface area contributed by atoms with Gasteiger partial charge in [0.25, 0.3) is 6.47 Å². The molecule has 2 saturated carbocycles. The highest BCUT2D eigenvalue weighted by molar-refractivity contribution is 5.99. The smallest absolute Gasteiger partial charge is 0.298 e. The van der Waals surface area contributed by atoms with E-state index in [1.165, 1.54) is 12.1 Å². The van der Waals surface area contributed by atoms with Crippen molar-refractivity contribution in [1.29, 1.82) is 0 Å². The van der Waals surface area contributed by atoms with E-state index in [9.17, 15) is 18.4 Å². The van der Waals surface area contributed by atoms with E-state index in [4.69, 9.17) is 14.5 Å². The van der Waals surface area contributed by atoms with E-state index in [0.29, 0.717) is 63.6 Å². The molecule has 10 heteroatoms. The van der Waals surface area contributed by atoms with Crippen LogP contribution in [0.3, 0.4) is 0 Å². The van der Waals surface area contributed by atoms with Gasteiger partial charge in [0.15, 0.2) is 5.78 Å². The molecule has 2 heterocycles. The fourth-order valence-electron chi connectivity index (χ4n) is 5.67. The number of hydrogen-bond acceptors (Lipinski definition) is 6. The zero-order valence-corrected chi connectivity index (χ0v) is 24.8. The summed E-state index contributed by atoms with van der Waals surface area (Å²) in [5.74, 6) is 0.184. The molecule has 0 bridgehead atoms. The Morgan fingerprint density at radius 3 is 2.48 bits per heavy atom. The Bertz CT molecular complexity index is 1970. The van der Waals surface area contributed by atoms with E-state index in [0.717, 1.165) is 25.7 Å². The molecule has 0 amide bonds. The minimum absolute atomic E-state index is 0.0110. The monoisotopic (exact) mass is 625 g/mol. The van der Waals surface area contributed by atoms with E-state index in [2.05, 4.69) is 4.98 Å². The maximum absolute atomic E-state index is 15.6. The molecule has 0 spiro atoms. The van der Waals surface area contributed by atoms with Crippen LogP contribution in [-0.4, -0.2) is 33.5 Å². The number of rotatable bonds is 13. The minimum atomic E-state index is -0.513. The van der Waals surface area contributed by atoms with Crippen LogP contribution in [0, 0.1) is 23.0 Å². The number of fused-ring (bicyclic) bond motifs is 1. The lowest BCUT2D eigenvalue weighted by atomic mass is 10.0. The van der Waals surface area contributed by atoms with Crippen molar-refractivity contribution in [3.05, 3.63) is 107 Å². The van der Waals surface area contributed by atoms with Crippen molar-refractivity contribution < 1.29 is 32.2 Å². The first-order chi connectivity index (χ1) is 22.3. The van der Waals surface area contributed by atoms with E-state index in [1.54, 1.807) is 60.7 Å². The van der Waals surface area contributed by atoms with Crippen LogP contribution in [0.2, 0.25) is 0 Å². The van der Waals surface area contributed by atoms with Crippen molar-refractivity contribution in [3.63, 3.8) is 0 Å². The Labute approximate surface area is 263 Å². The molecular weight excluding hydrogens is 595 g/mol. The van der Waals surface area contributed by atoms with E-state index >= 15 is 4.39 Å². The number of hydrogen-bond donors (Lipinski definition) is 0. The number of alkyl halides is 1. The minimum Gasteiger partial charge on any atom is -0.473 e. The molecule has 0 unspecified atom stereocenters. The summed E-state index contributed by atoms with van der Waals surface area (Å²) in [6.07, 6.45) is 3.39. The third kappa shape index (κ3) is 6.11. The zero-order valence-electron chi connectivity index (χ0n) is 24.8. The van der Waals surface area contributed by atoms with Crippen LogP contribution in [0.15, 0.2) is 72.8 Å². The first kappa shape index (κ1) is 29.7. The fraction of sp³-hybridized carbons (Fsp3) is 0.278. The zero-order chi connectivity index (χ0) is 31.8. The third-order valence-electron chi connectivity index (χ3n) is 8.80. The number of nitrogens with zero attached hydrogens (tertiary/aromatic N) is 3. The molecule has 7 nitrogen and oxygen atoms in total. The lowest BCUT2D eigenvalue weighted by Gasteiger charge is -2.16. The second-order valence-electron chi connectivity index (χ2n) is 12.2. The van der Waals surface area contributed by atoms with Crippen LogP contribution in [0.4, 0.5) is 13.2 Å². The molecule has 234 valence electrons. The third-order valence-corrected chi connectivity index (χ3v) is 8.80. The van der Waals surface area contributed by atoms with Gasteiger partial charge in [-0.1, -0.05) is 30.3 Å². The first-order valence-corrected chi connectivity index (χ1v) is 15.2. The molecule has 2 aliphatic rings. The fourth-order valence-corrected chi connectivity index (χ4v) is 5.67. The van der Waals surface area contributed by atoms with Gasteiger partial charge in [-0.15, -0.1) is 0 Å². The molecule has 2 fully saturated rings. The number of halogens is 3. The molecule has 2 aliphatic carbocycles. The second-order valence-corrected chi connectivity index (χ2v) is 12.2. The number of carbonyl (C=O) groups is 2. The van der Waals surface area contributed by atoms with Crippen LogP contribution in [0.1, 0.15) is 53.0 Å². The number of aromatic nitrogens is 3. The topological polar surface area (TPSA) is 83.3 Å². The lowest BCUT2D eigenvalue weighted by Crippen LogP contribution is -2.16. The van der Waals surface area contributed by atoms with Gasteiger partial charge in [0.1, 0.15) is 29.8 Å². The average molecular weight is 626 g/mol. The number of pyridine rings is 1. The Morgan fingerprint density at radius 2 is 1.76 bits per heavy atom. The summed E-state index contributed by atoms with van der Waals surface area (Å²) in [5.41, 5.74) is 2.94. The van der Waals surface area contributed by atoms with Gasteiger partial charge < -0.3 is 14.0 Å². The molecule has 3 aromatic carbocycles. The summed E-state index contributed by atoms with van der Waals surface area (Å²) >= 11 is 0. The number of Topliss-reactive ketones (excluding diaryl/α,β-unsaturated/α-hetero) is 1. The van der Waals surface area contributed by atoms with Crippen molar-refractivity contribution in [1.82, 2.24) is 14.5 Å². The number of ketones is 1. The molecule has 0 aliphatic heterocycles. The highest BCUT2D eigenvalue weighted by Gasteiger charge is 2.44. The van der Waals surface area contributed by atoms with E-state index in [1.807, 2.05) is 4.57 Å². The van der Waals surface area contributed by atoms with Crippen LogP contribution in [0.25, 0.3) is 22.3 Å². The van der Waals surface area contributed by atoms with Crippen molar-refractivity contribution in [3.8, 4) is 22.9 Å². The summed E-state index contributed by atoms with van der Waals surface area (Å²) in [6, 6.07) is 19.4. The van der Waals surface area contributed by atoms with Crippen LogP contribution in [0.5, 0.6) is 11.6 Å². The normalized spacial score (nSPS) is 15.1. The molecule has 7 rings (SSSR count). The van der Waals surface area contributed by atoms with Gasteiger partial charge in [-0.25, -0.2) is 18.7 Å². The van der Waals surface area contributed by atoms with Gasteiger partial charge in [-0.2, -0.15) is 0 Å². The summed E-state index contributed by atoms with van der Waals surface area (Å²) in [7, 11) is 0. The molecular formula is C36H30F3N3O4. The van der Waals surface area contributed by atoms with Gasteiger partial charge in [0, 0.05) is 53.1 Å². The number of carbonyl (C=O) groups excluding carboxylic acids is 2. The number of benzene rings is 3. The van der Waals surface area contributed by atoms with Gasteiger partial charge in [-0.05, 0) is 61.6 Å². The standard InChI is InChI=1S/C36H30F3N3O4/c37-19-36(12-13-36)20-42-32-17-27(46-21-43)10-11-31(32)40-33(42)16-23-6-7-24(14-28(23)38)30-2-1-3-34(41-30)45-18-26-9-8-25(15-29(26)39)35(44)22-4-5-22/h1-3,6-11,14-15,17,21-22H,4-5,12-13,16,18-20H2. The molecule has 5 aromatic rings. The highest BCUT2D eigenvalue weighted by Crippen LogP contribution is 2.48. The Kier molecular flexibility index (Phi) is 7.80. The molecule has 0 radical (unpaired) electrons. The Balaban J connectivity index is 1.09.